The number of thiophene rings is 1. The third-order valence-electron chi connectivity index (χ3n) is 2.04. The van der Waals surface area contributed by atoms with E-state index in [1.165, 1.54) is 8.66 Å². The van der Waals surface area contributed by atoms with Crippen molar-refractivity contribution in [1.29, 1.82) is 0 Å². The lowest BCUT2D eigenvalue weighted by Crippen LogP contribution is -2.29. The molecule has 0 aliphatic carbocycles. The molecule has 1 aromatic heterocycles. The number of nitrogens with two attached hydrogens (primary N) is 1. The average Bonchev–Trinajstić information content (AvgIpc) is 2.49. The van der Waals surface area contributed by atoms with Crippen LogP contribution in [0.1, 0.15) is 25.6 Å². The van der Waals surface area contributed by atoms with Gasteiger partial charge in [0.25, 0.3) is 0 Å². The molecule has 0 radical (unpaired) electrons. The molecule has 0 bridgehead atoms. The molecule has 0 saturated carbocycles. The van der Waals surface area contributed by atoms with E-state index in [1.807, 2.05) is 0 Å². The van der Waals surface area contributed by atoms with Gasteiger partial charge in [-0.05, 0) is 28.1 Å². The number of rotatable bonds is 3. The molecule has 0 aromatic carbocycles. The Morgan fingerprint density at radius 2 is 2.13 bits per heavy atom. The second-order valence-electron chi connectivity index (χ2n) is 4.47. The summed E-state index contributed by atoms with van der Waals surface area (Å²) in [6, 6.07) is 4.19. The first-order valence-corrected chi connectivity index (χ1v) is 6.55. The second-order valence-corrected chi connectivity index (χ2v) is 7.02. The van der Waals surface area contributed by atoms with Crippen LogP contribution in [0.2, 0.25) is 0 Å². The quantitative estimate of drug-likeness (QED) is 0.671. The van der Waals surface area contributed by atoms with Crippen molar-refractivity contribution in [2.75, 3.05) is 6.54 Å². The summed E-state index contributed by atoms with van der Waals surface area (Å²) in [5, 5.41) is 0. The van der Waals surface area contributed by atoms with Crippen LogP contribution in [0.4, 0.5) is 0 Å². The lowest BCUT2D eigenvalue weighted by atomic mass is 9.95. The third-order valence-corrected chi connectivity index (χ3v) is 3.72. The van der Waals surface area contributed by atoms with Crippen molar-refractivity contribution in [1.82, 2.24) is 0 Å². The molecule has 0 saturated heterocycles. The Labute approximate surface area is 104 Å². The summed E-state index contributed by atoms with van der Waals surface area (Å²) in [7, 11) is 0. The molecule has 0 fully saturated rings. The number of aliphatic imine (C=N–C) groups is 1. The Kier molecular flexibility index (Phi) is 4.34. The molecule has 1 heterocycles. The van der Waals surface area contributed by atoms with Gasteiger partial charge in [0, 0.05) is 23.3 Å². The molecule has 1 aromatic rings. The smallest absolute Gasteiger partial charge is 0.0991 e. The van der Waals surface area contributed by atoms with E-state index in [2.05, 4.69) is 53.8 Å². The van der Waals surface area contributed by atoms with Crippen molar-refractivity contribution in [3.8, 4) is 0 Å². The monoisotopic (exact) mass is 288 g/mol. The molecule has 84 valence electrons. The molecule has 15 heavy (non-hydrogen) atoms. The van der Waals surface area contributed by atoms with Crippen LogP contribution in [-0.4, -0.2) is 12.4 Å². The van der Waals surface area contributed by atoms with Gasteiger partial charge in [0.15, 0.2) is 0 Å². The van der Waals surface area contributed by atoms with Crippen molar-refractivity contribution >= 4 is 33.1 Å². The topological polar surface area (TPSA) is 38.4 Å². The van der Waals surface area contributed by atoms with Gasteiger partial charge < -0.3 is 5.73 Å². The van der Waals surface area contributed by atoms with Gasteiger partial charge in [-0.25, -0.2) is 0 Å². The van der Waals surface area contributed by atoms with E-state index in [1.54, 1.807) is 11.3 Å². The van der Waals surface area contributed by atoms with Crippen LogP contribution in [0.5, 0.6) is 0 Å². The normalized spacial score (nSPS) is 13.2. The highest BCUT2D eigenvalue weighted by molar-refractivity contribution is 9.11. The first kappa shape index (κ1) is 12.7. The number of halogens is 1. The fraction of sp³-hybridized carbons (Fsp3) is 0.545. The third kappa shape index (κ3) is 4.34. The van der Waals surface area contributed by atoms with Crippen LogP contribution < -0.4 is 5.73 Å². The summed E-state index contributed by atoms with van der Waals surface area (Å²) in [4.78, 5) is 5.73. The van der Waals surface area contributed by atoms with Crippen LogP contribution in [0, 0.1) is 5.41 Å². The zero-order valence-electron chi connectivity index (χ0n) is 9.38. The molecule has 0 amide bonds. The fourth-order valence-corrected chi connectivity index (χ4v) is 2.48. The highest BCUT2D eigenvalue weighted by Gasteiger charge is 2.14. The van der Waals surface area contributed by atoms with Crippen molar-refractivity contribution in [3.63, 3.8) is 0 Å². The predicted molar refractivity (Wildman–Crippen MR) is 71.7 cm³/mol. The van der Waals surface area contributed by atoms with E-state index in [9.17, 15) is 0 Å². The first-order chi connectivity index (χ1) is 6.89. The molecular weight excluding hydrogens is 272 g/mol. The summed E-state index contributed by atoms with van der Waals surface area (Å²) in [5.74, 6) is 0.734. The minimum absolute atomic E-state index is 0.0178. The van der Waals surface area contributed by atoms with Gasteiger partial charge in [0.2, 0.25) is 0 Å². The van der Waals surface area contributed by atoms with Crippen LogP contribution in [0.3, 0.4) is 0 Å². The summed E-state index contributed by atoms with van der Waals surface area (Å²) < 4.78 is 1.17. The van der Waals surface area contributed by atoms with Gasteiger partial charge in [0.1, 0.15) is 0 Å². The highest BCUT2D eigenvalue weighted by Crippen LogP contribution is 2.22. The van der Waals surface area contributed by atoms with Crippen molar-refractivity contribution in [2.24, 2.45) is 16.1 Å². The zero-order valence-corrected chi connectivity index (χ0v) is 11.8. The largest absolute Gasteiger partial charge is 0.387 e. The van der Waals surface area contributed by atoms with E-state index in [0.29, 0.717) is 0 Å². The van der Waals surface area contributed by atoms with E-state index in [-0.39, 0.29) is 5.41 Å². The minimum Gasteiger partial charge on any atom is -0.387 e. The number of hydrogen-bond donors (Lipinski definition) is 1. The highest BCUT2D eigenvalue weighted by atomic mass is 79.9. The molecule has 0 spiro atoms. The zero-order chi connectivity index (χ0) is 11.5. The molecular formula is C11H17BrN2S. The molecule has 0 atom stereocenters. The van der Waals surface area contributed by atoms with Crippen LogP contribution in [0.15, 0.2) is 20.9 Å². The predicted octanol–water partition coefficient (Wildman–Crippen LogP) is 3.46. The van der Waals surface area contributed by atoms with E-state index in [4.69, 9.17) is 5.73 Å². The fourth-order valence-electron chi connectivity index (χ4n) is 1.01. The van der Waals surface area contributed by atoms with Gasteiger partial charge in [-0.1, -0.05) is 20.8 Å². The van der Waals surface area contributed by atoms with E-state index in [0.717, 1.165) is 18.8 Å². The maximum Gasteiger partial charge on any atom is 0.0991 e. The SMILES string of the molecule is CC(C)(C)C(N)=NCCc1ccc(Br)s1. The van der Waals surface area contributed by atoms with Crippen LogP contribution in [-0.2, 0) is 6.42 Å². The van der Waals surface area contributed by atoms with Gasteiger partial charge in [-0.2, -0.15) is 0 Å². The Balaban J connectivity index is 2.45. The first-order valence-electron chi connectivity index (χ1n) is 4.94. The summed E-state index contributed by atoms with van der Waals surface area (Å²) >= 11 is 5.20. The molecule has 0 aliphatic heterocycles. The molecule has 0 aliphatic rings. The lowest BCUT2D eigenvalue weighted by molar-refractivity contribution is 0.581. The molecule has 0 unspecified atom stereocenters. The Hall–Kier alpha value is -0.350. The van der Waals surface area contributed by atoms with Gasteiger partial charge in [-0.3, -0.25) is 4.99 Å². The van der Waals surface area contributed by atoms with Gasteiger partial charge >= 0.3 is 0 Å². The van der Waals surface area contributed by atoms with Crippen molar-refractivity contribution < 1.29 is 0 Å². The number of nitrogens with zero attached hydrogens (tertiary/aromatic N) is 1. The molecule has 4 heteroatoms. The Morgan fingerprint density at radius 1 is 1.47 bits per heavy atom. The maximum atomic E-state index is 5.86. The van der Waals surface area contributed by atoms with E-state index >= 15 is 0 Å². The molecule has 2 N–H and O–H groups in total. The molecule has 1 rings (SSSR count). The maximum absolute atomic E-state index is 5.86. The van der Waals surface area contributed by atoms with Gasteiger partial charge in [-0.15, -0.1) is 11.3 Å². The number of hydrogen-bond acceptors (Lipinski definition) is 2. The average molecular weight is 289 g/mol. The summed E-state index contributed by atoms with van der Waals surface area (Å²) in [6.45, 7) is 7.00. The second kappa shape index (κ2) is 5.12. The lowest BCUT2D eigenvalue weighted by Gasteiger charge is -2.17. The van der Waals surface area contributed by atoms with Crippen molar-refractivity contribution in [3.05, 3.63) is 20.8 Å². The number of amidine groups is 1. The van der Waals surface area contributed by atoms with E-state index < -0.39 is 0 Å². The Morgan fingerprint density at radius 3 is 2.60 bits per heavy atom. The summed E-state index contributed by atoms with van der Waals surface area (Å²) in [6.07, 6.45) is 0.965. The Bertz CT molecular complexity index is 350. The van der Waals surface area contributed by atoms with Crippen LogP contribution >= 0.6 is 27.3 Å². The standard InChI is InChI=1S/C11H17BrN2S/c1-11(2,3)10(13)14-7-6-8-4-5-9(12)15-8/h4-5H,6-7H2,1-3H3,(H2,13,14). The summed E-state index contributed by atoms with van der Waals surface area (Å²) in [5.41, 5.74) is 5.85. The van der Waals surface area contributed by atoms with Crippen molar-refractivity contribution in [2.45, 2.75) is 27.2 Å². The minimum atomic E-state index is -0.0178. The van der Waals surface area contributed by atoms with Gasteiger partial charge in [0.05, 0.1) is 9.62 Å². The molecule has 2 nitrogen and oxygen atoms in total. The van der Waals surface area contributed by atoms with Crippen LogP contribution in [0.25, 0.3) is 0 Å².